The minimum atomic E-state index is -3.22. The van der Waals surface area contributed by atoms with Crippen LogP contribution in [0.4, 0.5) is 16.0 Å². The Kier molecular flexibility index (Phi) is 5.35. The molecule has 2 N–H and O–H groups in total. The molecule has 0 spiro atoms. The van der Waals surface area contributed by atoms with Crippen LogP contribution in [0, 0.1) is 5.82 Å². The molecule has 0 aliphatic carbocycles. The third kappa shape index (κ3) is 3.96. The molecule has 1 saturated heterocycles. The smallest absolute Gasteiger partial charge is 0.270 e. The molecule has 2 aromatic heterocycles. The van der Waals surface area contributed by atoms with Gasteiger partial charge in [0.1, 0.15) is 11.6 Å². The summed E-state index contributed by atoms with van der Waals surface area (Å²) in [5.41, 5.74) is 6.75. The molecular formula is C18H20FN7O3S. The van der Waals surface area contributed by atoms with Gasteiger partial charge in [-0.15, -0.1) is 10.2 Å². The summed E-state index contributed by atoms with van der Waals surface area (Å²) in [5.74, 6) is 0.665. The van der Waals surface area contributed by atoms with Crippen LogP contribution < -0.4 is 10.6 Å². The van der Waals surface area contributed by atoms with E-state index in [1.165, 1.54) is 34.8 Å². The van der Waals surface area contributed by atoms with Gasteiger partial charge in [0.2, 0.25) is 15.9 Å². The van der Waals surface area contributed by atoms with E-state index >= 15 is 0 Å². The zero-order valence-electron chi connectivity index (χ0n) is 16.2. The van der Waals surface area contributed by atoms with E-state index < -0.39 is 10.0 Å². The quantitative estimate of drug-likeness (QED) is 0.634. The first kappa shape index (κ1) is 20.2. The van der Waals surface area contributed by atoms with Gasteiger partial charge in [-0.25, -0.2) is 22.8 Å². The van der Waals surface area contributed by atoms with Gasteiger partial charge in [0.05, 0.1) is 11.9 Å². The van der Waals surface area contributed by atoms with Crippen LogP contribution in [0.1, 0.15) is 6.92 Å². The van der Waals surface area contributed by atoms with Gasteiger partial charge in [-0.1, -0.05) is 0 Å². The highest BCUT2D eigenvalue weighted by Gasteiger charge is 2.27. The molecule has 158 valence electrons. The second-order valence-corrected chi connectivity index (χ2v) is 8.93. The van der Waals surface area contributed by atoms with Gasteiger partial charge >= 0.3 is 0 Å². The Bertz CT molecular complexity index is 1140. The Morgan fingerprint density at radius 1 is 1.10 bits per heavy atom. The Morgan fingerprint density at radius 2 is 1.77 bits per heavy atom. The predicted molar refractivity (Wildman–Crippen MR) is 108 cm³/mol. The molecule has 1 aliphatic heterocycles. The Labute approximate surface area is 172 Å². The maximum atomic E-state index is 13.1. The first-order valence-corrected chi connectivity index (χ1v) is 10.9. The van der Waals surface area contributed by atoms with E-state index in [1.807, 2.05) is 4.90 Å². The second-order valence-electron chi connectivity index (χ2n) is 6.67. The number of halogens is 1. The number of sulfonamides is 1. The molecule has 3 heterocycles. The Hall–Kier alpha value is -3.12. The molecule has 0 saturated carbocycles. The van der Waals surface area contributed by atoms with Crippen molar-refractivity contribution in [2.45, 2.75) is 6.92 Å². The monoisotopic (exact) mass is 433 g/mol. The summed E-state index contributed by atoms with van der Waals surface area (Å²) in [5, 5.41) is 7.96. The molecule has 1 aromatic carbocycles. The number of nitrogens with zero attached hydrogens (tertiary/aromatic N) is 6. The summed E-state index contributed by atoms with van der Waals surface area (Å²) in [6.45, 7) is 3.31. The van der Waals surface area contributed by atoms with Gasteiger partial charge in [0.15, 0.2) is 11.5 Å². The van der Waals surface area contributed by atoms with Crippen LogP contribution in [-0.2, 0) is 10.0 Å². The first-order chi connectivity index (χ1) is 14.4. The van der Waals surface area contributed by atoms with Crippen molar-refractivity contribution in [3.8, 4) is 23.0 Å². The minimum Gasteiger partial charge on any atom is -0.414 e. The average Bonchev–Trinajstić information content (AvgIpc) is 3.25. The fourth-order valence-corrected chi connectivity index (χ4v) is 4.19. The van der Waals surface area contributed by atoms with E-state index in [9.17, 15) is 12.8 Å². The summed E-state index contributed by atoms with van der Waals surface area (Å²) < 4.78 is 44.3. The number of nitrogens with two attached hydrogens (primary N) is 1. The van der Waals surface area contributed by atoms with Crippen molar-refractivity contribution in [1.82, 2.24) is 24.5 Å². The summed E-state index contributed by atoms with van der Waals surface area (Å²) in [7, 11) is -3.22. The van der Waals surface area contributed by atoms with Crippen LogP contribution in [0.3, 0.4) is 0 Å². The summed E-state index contributed by atoms with van der Waals surface area (Å²) in [6, 6.07) is 5.66. The SMILES string of the molecule is CCS(=O)(=O)N1CCN(c2cnc(N)c(-c3nnc(-c4ccc(F)cc4)o3)n2)CC1. The molecule has 0 unspecified atom stereocenters. The van der Waals surface area contributed by atoms with Crippen LogP contribution in [0.2, 0.25) is 0 Å². The molecule has 30 heavy (non-hydrogen) atoms. The predicted octanol–water partition coefficient (Wildman–Crippen LogP) is 1.39. The van der Waals surface area contributed by atoms with Crippen molar-refractivity contribution in [2.75, 3.05) is 42.6 Å². The molecule has 10 nitrogen and oxygen atoms in total. The van der Waals surface area contributed by atoms with Crippen LogP contribution >= 0.6 is 0 Å². The third-order valence-electron chi connectivity index (χ3n) is 4.83. The van der Waals surface area contributed by atoms with E-state index in [-0.39, 0.29) is 34.9 Å². The van der Waals surface area contributed by atoms with Crippen molar-refractivity contribution < 1.29 is 17.2 Å². The standard InChI is InChI=1S/C18H20FN7O3S/c1-2-30(27,28)26-9-7-25(8-10-26)14-11-21-16(20)15(22-14)18-24-23-17(29-18)12-3-5-13(19)6-4-12/h3-6,11H,2,7-10H2,1H3,(H2,20,21). The number of piperazine rings is 1. The summed E-state index contributed by atoms with van der Waals surface area (Å²) in [4.78, 5) is 10.6. The lowest BCUT2D eigenvalue weighted by atomic mass is 10.2. The second kappa shape index (κ2) is 7.95. The van der Waals surface area contributed by atoms with E-state index in [4.69, 9.17) is 10.2 Å². The van der Waals surface area contributed by atoms with Crippen molar-refractivity contribution in [3.63, 3.8) is 0 Å². The summed E-state index contributed by atoms with van der Waals surface area (Å²) >= 11 is 0. The minimum absolute atomic E-state index is 0.0758. The van der Waals surface area contributed by atoms with Gasteiger partial charge in [-0.2, -0.15) is 4.31 Å². The molecule has 0 radical (unpaired) electrons. The lowest BCUT2D eigenvalue weighted by molar-refractivity contribution is 0.384. The molecule has 0 atom stereocenters. The number of benzene rings is 1. The highest BCUT2D eigenvalue weighted by Crippen LogP contribution is 2.27. The number of aromatic nitrogens is 4. The summed E-state index contributed by atoms with van der Waals surface area (Å²) in [6.07, 6.45) is 1.53. The molecule has 0 amide bonds. The third-order valence-corrected chi connectivity index (χ3v) is 6.71. The van der Waals surface area contributed by atoms with Crippen LogP contribution in [0.25, 0.3) is 23.0 Å². The maximum Gasteiger partial charge on any atom is 0.270 e. The molecular weight excluding hydrogens is 413 g/mol. The number of hydrogen-bond acceptors (Lipinski definition) is 9. The molecule has 3 aromatic rings. The van der Waals surface area contributed by atoms with Crippen LogP contribution in [0.15, 0.2) is 34.9 Å². The molecule has 4 rings (SSSR count). The normalized spacial score (nSPS) is 15.5. The zero-order valence-corrected chi connectivity index (χ0v) is 17.0. The van der Waals surface area contributed by atoms with Crippen molar-refractivity contribution >= 4 is 21.7 Å². The number of rotatable bonds is 5. The molecule has 0 bridgehead atoms. The Balaban J connectivity index is 1.55. The fraction of sp³-hybridized carbons (Fsp3) is 0.333. The van der Waals surface area contributed by atoms with Crippen molar-refractivity contribution in [1.29, 1.82) is 0 Å². The van der Waals surface area contributed by atoms with Crippen LogP contribution in [-0.4, -0.2) is 64.8 Å². The maximum absolute atomic E-state index is 13.1. The van der Waals surface area contributed by atoms with Gasteiger partial charge < -0.3 is 15.1 Å². The van der Waals surface area contributed by atoms with E-state index in [2.05, 4.69) is 20.2 Å². The number of nitrogen functional groups attached to an aromatic ring is 1. The highest BCUT2D eigenvalue weighted by atomic mass is 32.2. The van der Waals surface area contributed by atoms with Gasteiger partial charge in [0.25, 0.3) is 5.89 Å². The topological polar surface area (TPSA) is 131 Å². The molecule has 12 heteroatoms. The average molecular weight is 433 g/mol. The van der Waals surface area contributed by atoms with E-state index in [0.717, 1.165) is 0 Å². The number of hydrogen-bond donors (Lipinski definition) is 1. The Morgan fingerprint density at radius 3 is 2.43 bits per heavy atom. The first-order valence-electron chi connectivity index (χ1n) is 9.32. The van der Waals surface area contributed by atoms with Crippen molar-refractivity contribution in [2.24, 2.45) is 0 Å². The lowest BCUT2D eigenvalue weighted by Gasteiger charge is -2.34. The zero-order chi connectivity index (χ0) is 21.3. The molecule has 1 fully saturated rings. The van der Waals surface area contributed by atoms with E-state index in [0.29, 0.717) is 37.6 Å². The molecule has 1 aliphatic rings. The van der Waals surface area contributed by atoms with E-state index in [1.54, 1.807) is 6.92 Å². The van der Waals surface area contributed by atoms with Gasteiger partial charge in [-0.05, 0) is 31.2 Å². The van der Waals surface area contributed by atoms with Gasteiger partial charge in [-0.3, -0.25) is 0 Å². The number of anilines is 2. The van der Waals surface area contributed by atoms with Crippen LogP contribution in [0.5, 0.6) is 0 Å². The lowest BCUT2D eigenvalue weighted by Crippen LogP contribution is -2.49. The highest BCUT2D eigenvalue weighted by molar-refractivity contribution is 7.89. The fourth-order valence-electron chi connectivity index (χ4n) is 3.10. The van der Waals surface area contributed by atoms with Gasteiger partial charge in [0, 0.05) is 31.7 Å². The largest absolute Gasteiger partial charge is 0.414 e. The van der Waals surface area contributed by atoms with Crippen molar-refractivity contribution in [3.05, 3.63) is 36.3 Å².